The lowest BCUT2D eigenvalue weighted by Crippen LogP contribution is -2.09. The minimum atomic E-state index is -5.18. The van der Waals surface area contributed by atoms with E-state index in [0.29, 0.717) is 55.3 Å². The summed E-state index contributed by atoms with van der Waals surface area (Å²) in [4.78, 5) is 16.7. The van der Waals surface area contributed by atoms with Gasteiger partial charge in [0, 0.05) is 23.5 Å². The Labute approximate surface area is 192 Å². The van der Waals surface area contributed by atoms with Crippen LogP contribution in [0.25, 0.3) is 44.0 Å². The van der Waals surface area contributed by atoms with Gasteiger partial charge in [0.2, 0.25) is 0 Å². The molecule has 0 saturated heterocycles. The van der Waals surface area contributed by atoms with E-state index in [1.807, 2.05) is 4.57 Å². The van der Waals surface area contributed by atoms with Gasteiger partial charge in [0.25, 0.3) is 0 Å². The van der Waals surface area contributed by atoms with Crippen LogP contribution in [0.3, 0.4) is 0 Å². The van der Waals surface area contributed by atoms with E-state index in [1.165, 1.54) is 25.3 Å². The van der Waals surface area contributed by atoms with E-state index in [2.05, 4.69) is 15.2 Å². The molecule has 170 valence electrons. The largest absolute Gasteiger partial charge is 0.496 e. The number of nitriles is 1. The van der Waals surface area contributed by atoms with Crippen molar-refractivity contribution in [1.82, 2.24) is 9.55 Å². The second-order valence-electron chi connectivity index (χ2n) is 7.68. The van der Waals surface area contributed by atoms with Gasteiger partial charge in [-0.15, -0.1) is 0 Å². The molecule has 0 radical (unpaired) electrons. The van der Waals surface area contributed by atoms with Crippen LogP contribution in [0.15, 0.2) is 59.4 Å². The van der Waals surface area contributed by atoms with Crippen molar-refractivity contribution in [3.05, 3.63) is 70.4 Å². The predicted molar refractivity (Wildman–Crippen MR) is 126 cm³/mol. The lowest BCUT2D eigenvalue weighted by Gasteiger charge is -2.14. The van der Waals surface area contributed by atoms with Crippen LogP contribution < -0.4 is 14.3 Å². The van der Waals surface area contributed by atoms with Gasteiger partial charge in [-0.2, -0.15) is 13.7 Å². The van der Waals surface area contributed by atoms with E-state index >= 15 is 0 Å². The highest BCUT2D eigenvalue weighted by atomic mass is 32.3. The molecule has 2 aromatic heterocycles. The number of benzene rings is 3. The third kappa shape index (κ3) is 3.43. The fourth-order valence-corrected chi connectivity index (χ4v) is 4.58. The molecule has 0 spiro atoms. The van der Waals surface area contributed by atoms with Crippen LogP contribution in [0, 0.1) is 11.3 Å². The number of ether oxygens (including phenoxy) is 1. The SMILES string of the molecule is COc1cc2c(=O)c3c4ccc(C#N)cc4[nH]c3n(C)c2cc1-c1cccc(OS(=O)(=O)F)c1. The molecule has 34 heavy (non-hydrogen) atoms. The fourth-order valence-electron chi connectivity index (χ4n) is 4.24. The first-order chi connectivity index (χ1) is 16.2. The minimum Gasteiger partial charge on any atom is -0.496 e. The van der Waals surface area contributed by atoms with Crippen LogP contribution >= 0.6 is 0 Å². The minimum absolute atomic E-state index is 0.199. The number of nitrogens with zero attached hydrogens (tertiary/aromatic N) is 2. The Hall–Kier alpha value is -4.36. The topological polar surface area (TPSA) is 114 Å². The molecule has 0 aliphatic rings. The van der Waals surface area contributed by atoms with Gasteiger partial charge in [-0.05, 0) is 42.0 Å². The average molecular weight is 477 g/mol. The maximum absolute atomic E-state index is 13.5. The lowest BCUT2D eigenvalue weighted by atomic mass is 10.0. The molecule has 0 aliphatic heterocycles. The van der Waals surface area contributed by atoms with E-state index in [9.17, 15) is 22.4 Å². The van der Waals surface area contributed by atoms with Crippen LogP contribution in [-0.4, -0.2) is 25.1 Å². The van der Waals surface area contributed by atoms with Gasteiger partial charge < -0.3 is 18.5 Å². The number of pyridine rings is 1. The third-order valence-electron chi connectivity index (χ3n) is 5.73. The molecule has 5 aromatic rings. The molecule has 8 nitrogen and oxygen atoms in total. The van der Waals surface area contributed by atoms with Crippen LogP contribution in [0.1, 0.15) is 5.56 Å². The van der Waals surface area contributed by atoms with Crippen LogP contribution in [-0.2, 0) is 17.6 Å². The second kappa shape index (κ2) is 7.60. The predicted octanol–water partition coefficient (Wildman–Crippen LogP) is 4.31. The molecule has 3 aromatic carbocycles. The van der Waals surface area contributed by atoms with Gasteiger partial charge >= 0.3 is 10.5 Å². The fraction of sp³-hybridized carbons (Fsp3) is 0.0833. The molecule has 0 fully saturated rings. The highest BCUT2D eigenvalue weighted by molar-refractivity contribution is 7.81. The molecule has 0 aliphatic carbocycles. The van der Waals surface area contributed by atoms with Crippen LogP contribution in [0.4, 0.5) is 3.89 Å². The Morgan fingerprint density at radius 1 is 1.09 bits per heavy atom. The Kier molecular flexibility index (Phi) is 4.81. The average Bonchev–Trinajstić information content (AvgIpc) is 3.20. The molecular formula is C24H16FN3O5S. The number of halogens is 1. The molecule has 2 heterocycles. The zero-order chi connectivity index (χ0) is 24.2. The van der Waals surface area contributed by atoms with Crippen molar-refractivity contribution >= 4 is 43.3 Å². The normalized spacial score (nSPS) is 11.7. The Morgan fingerprint density at radius 3 is 2.59 bits per heavy atom. The van der Waals surface area contributed by atoms with Crippen molar-refractivity contribution in [3.63, 3.8) is 0 Å². The number of nitrogens with one attached hydrogen (secondary N) is 1. The summed E-state index contributed by atoms with van der Waals surface area (Å²) in [5, 5.41) is 10.8. The highest BCUT2D eigenvalue weighted by Gasteiger charge is 2.19. The number of aromatic nitrogens is 2. The summed E-state index contributed by atoms with van der Waals surface area (Å²) in [7, 11) is -1.93. The van der Waals surface area contributed by atoms with Crippen LogP contribution in [0.2, 0.25) is 0 Å². The highest BCUT2D eigenvalue weighted by Crippen LogP contribution is 2.36. The smallest absolute Gasteiger partial charge is 0.488 e. The van der Waals surface area contributed by atoms with Crippen molar-refractivity contribution in [2.45, 2.75) is 0 Å². The first-order valence-electron chi connectivity index (χ1n) is 10.0. The molecule has 5 rings (SSSR count). The zero-order valence-corrected chi connectivity index (χ0v) is 18.7. The summed E-state index contributed by atoms with van der Waals surface area (Å²) < 4.78 is 46.5. The Morgan fingerprint density at radius 2 is 1.88 bits per heavy atom. The summed E-state index contributed by atoms with van der Waals surface area (Å²) in [6, 6.07) is 16.4. The molecule has 0 atom stereocenters. The van der Waals surface area contributed by atoms with Crippen molar-refractivity contribution in [2.24, 2.45) is 7.05 Å². The van der Waals surface area contributed by atoms with Crippen LogP contribution in [0.5, 0.6) is 11.5 Å². The van der Waals surface area contributed by atoms with Gasteiger partial charge in [-0.3, -0.25) is 4.79 Å². The van der Waals surface area contributed by atoms with E-state index in [0.717, 1.165) is 0 Å². The zero-order valence-electron chi connectivity index (χ0n) is 17.9. The number of aromatic amines is 1. The van der Waals surface area contributed by atoms with E-state index in [1.54, 1.807) is 43.4 Å². The third-order valence-corrected chi connectivity index (χ3v) is 6.13. The molecule has 0 saturated carbocycles. The first kappa shape index (κ1) is 21.5. The number of fused-ring (bicyclic) bond motifs is 4. The number of aryl methyl sites for hydroxylation is 1. The van der Waals surface area contributed by atoms with Gasteiger partial charge in [0.05, 0.1) is 35.0 Å². The molecule has 10 heteroatoms. The van der Waals surface area contributed by atoms with Crippen molar-refractivity contribution in [2.75, 3.05) is 7.11 Å². The van der Waals surface area contributed by atoms with Crippen molar-refractivity contribution in [3.8, 4) is 28.7 Å². The molecule has 0 amide bonds. The summed E-state index contributed by atoms with van der Waals surface area (Å²) in [5.41, 5.74) is 3.16. The number of hydrogen-bond acceptors (Lipinski definition) is 6. The maximum Gasteiger partial charge on any atom is 0.488 e. The second-order valence-corrected chi connectivity index (χ2v) is 8.64. The standard InChI is InChI=1S/C24H16FN3O5S/c1-28-20-10-17(14-4-3-5-15(9-14)33-34(25,30)31)21(32-2)11-18(20)23(29)22-16-7-6-13(12-26)8-19(16)27-24(22)28/h3-11,27H,1-2H3. The maximum atomic E-state index is 13.5. The van der Waals surface area contributed by atoms with E-state index < -0.39 is 10.5 Å². The van der Waals surface area contributed by atoms with E-state index in [4.69, 9.17) is 4.74 Å². The van der Waals surface area contributed by atoms with Gasteiger partial charge in [-0.25, -0.2) is 0 Å². The van der Waals surface area contributed by atoms with Crippen molar-refractivity contribution < 1.29 is 21.2 Å². The Bertz CT molecular complexity index is 1850. The molecule has 0 bridgehead atoms. The molecule has 0 unspecified atom stereocenters. The van der Waals surface area contributed by atoms with Gasteiger partial charge in [0.15, 0.2) is 5.43 Å². The van der Waals surface area contributed by atoms with Crippen molar-refractivity contribution in [1.29, 1.82) is 5.26 Å². The summed E-state index contributed by atoms with van der Waals surface area (Å²) in [6.45, 7) is 0. The quantitative estimate of drug-likeness (QED) is 0.386. The molecular weight excluding hydrogens is 461 g/mol. The number of rotatable bonds is 4. The van der Waals surface area contributed by atoms with E-state index in [-0.39, 0.29) is 11.2 Å². The summed E-state index contributed by atoms with van der Waals surface area (Å²) in [6.07, 6.45) is 0. The Balaban J connectivity index is 1.81. The molecule has 1 N–H and O–H groups in total. The number of hydrogen-bond donors (Lipinski definition) is 1. The lowest BCUT2D eigenvalue weighted by molar-refractivity contribution is 0.417. The van der Waals surface area contributed by atoms with Gasteiger partial charge in [-0.1, -0.05) is 22.1 Å². The number of methoxy groups -OCH3 is 1. The summed E-state index contributed by atoms with van der Waals surface area (Å²) in [5.74, 6) is 0.172. The monoisotopic (exact) mass is 477 g/mol. The number of H-pyrrole nitrogens is 1. The summed E-state index contributed by atoms with van der Waals surface area (Å²) >= 11 is 0. The van der Waals surface area contributed by atoms with Gasteiger partial charge in [0.1, 0.15) is 17.1 Å². The first-order valence-corrected chi connectivity index (χ1v) is 11.3.